The number of anilines is 5. The summed E-state index contributed by atoms with van der Waals surface area (Å²) in [6, 6.07) is 78.8. The summed E-state index contributed by atoms with van der Waals surface area (Å²) in [4.78, 5) is 5.43. The molecule has 0 fully saturated rings. The van der Waals surface area contributed by atoms with E-state index in [-0.39, 0.29) is 12.3 Å². The first-order chi connectivity index (χ1) is 32.9. The van der Waals surface area contributed by atoms with E-state index in [0.29, 0.717) is 0 Å². The van der Waals surface area contributed by atoms with E-state index < -0.39 is 5.41 Å². The van der Waals surface area contributed by atoms with Gasteiger partial charge in [-0.15, -0.1) is 11.3 Å². The van der Waals surface area contributed by atoms with Crippen molar-refractivity contribution < 1.29 is 0 Å². The van der Waals surface area contributed by atoms with E-state index in [4.69, 9.17) is 0 Å². The molecular weight excluding hydrogens is 828 g/mol. The fraction of sp³-hybridized carbons (Fsp3) is 0.0794. The van der Waals surface area contributed by atoms with Crippen molar-refractivity contribution >= 4 is 88.5 Å². The standard InChI is InChI=1S/C63H43BN2S/c1-62(2,3)40-32-34-52(47(37-40)38-18-5-4-6-19-38)65-54-35-33-45-44-24-11-16-31-56(44)67-61(45)59(54)64-58-55(65)36-39-20-7-8-21-41(39)57(58)46-25-17-29-51-60(46)66(64)53-30-15-14-28-50(53)63(51)48-26-12-9-22-42(48)43-23-10-13-27-49(43)63/h4-37H,1-3H3. The molecule has 4 heteroatoms. The van der Waals surface area contributed by atoms with Gasteiger partial charge < -0.3 is 9.71 Å². The highest BCUT2D eigenvalue weighted by atomic mass is 32.1. The molecule has 3 aliphatic heterocycles. The van der Waals surface area contributed by atoms with Gasteiger partial charge in [-0.1, -0.05) is 191 Å². The highest BCUT2D eigenvalue weighted by molar-refractivity contribution is 7.27. The van der Waals surface area contributed by atoms with Gasteiger partial charge in [-0.05, 0) is 114 Å². The molecule has 4 heterocycles. The smallest absolute Gasteiger partial charge is 0.334 e. The van der Waals surface area contributed by atoms with Crippen LogP contribution in [-0.2, 0) is 10.8 Å². The Morgan fingerprint density at radius 2 is 1.09 bits per heavy atom. The van der Waals surface area contributed by atoms with Gasteiger partial charge in [0.2, 0.25) is 0 Å². The minimum atomic E-state index is -0.511. The van der Waals surface area contributed by atoms with Gasteiger partial charge in [0.05, 0.1) is 11.1 Å². The fourth-order valence-corrected chi connectivity index (χ4v) is 14.1. The summed E-state index contributed by atoms with van der Waals surface area (Å²) in [5, 5.41) is 5.16. The van der Waals surface area contributed by atoms with Gasteiger partial charge in [0.1, 0.15) is 0 Å². The van der Waals surface area contributed by atoms with Gasteiger partial charge in [0.15, 0.2) is 0 Å². The van der Waals surface area contributed by atoms with Gasteiger partial charge >= 0.3 is 6.85 Å². The van der Waals surface area contributed by atoms with Crippen LogP contribution in [0.25, 0.3) is 64.3 Å². The number of nitrogens with zero attached hydrogens (tertiary/aromatic N) is 2. The van der Waals surface area contributed by atoms with Gasteiger partial charge in [0.25, 0.3) is 0 Å². The van der Waals surface area contributed by atoms with E-state index in [2.05, 4.69) is 237 Å². The Bertz CT molecular complexity index is 3900. The van der Waals surface area contributed by atoms with E-state index in [9.17, 15) is 0 Å². The molecule has 0 bridgehead atoms. The molecular formula is C63H43BN2S. The van der Waals surface area contributed by atoms with Gasteiger partial charge in [-0.2, -0.15) is 0 Å². The maximum atomic E-state index is 2.79. The molecule has 2 nitrogen and oxygen atoms in total. The second-order valence-corrected chi connectivity index (χ2v) is 20.9. The normalized spacial score (nSPS) is 14.5. The highest BCUT2D eigenvalue weighted by Gasteiger charge is 2.56. The summed E-state index contributed by atoms with van der Waals surface area (Å²) >= 11 is 1.95. The topological polar surface area (TPSA) is 6.48 Å². The molecule has 0 N–H and O–H groups in total. The zero-order valence-corrected chi connectivity index (χ0v) is 38.3. The molecule has 314 valence electrons. The van der Waals surface area contributed by atoms with Crippen LogP contribution in [0.1, 0.15) is 48.6 Å². The van der Waals surface area contributed by atoms with E-state index in [1.807, 2.05) is 11.3 Å². The molecule has 1 spiro atoms. The maximum absolute atomic E-state index is 2.79. The van der Waals surface area contributed by atoms with Gasteiger partial charge in [-0.25, -0.2) is 0 Å². The predicted octanol–water partition coefficient (Wildman–Crippen LogP) is 15.6. The number of thiophene rings is 1. The second-order valence-electron chi connectivity index (χ2n) is 19.9. The van der Waals surface area contributed by atoms with Gasteiger partial charge in [0, 0.05) is 54.0 Å². The van der Waals surface area contributed by atoms with Crippen molar-refractivity contribution in [2.75, 3.05) is 9.71 Å². The molecule has 0 saturated heterocycles. The van der Waals surface area contributed by atoms with Crippen LogP contribution in [0.5, 0.6) is 0 Å². The van der Waals surface area contributed by atoms with Crippen LogP contribution in [0.3, 0.4) is 0 Å². The predicted molar refractivity (Wildman–Crippen MR) is 286 cm³/mol. The summed E-state index contributed by atoms with van der Waals surface area (Å²) < 4.78 is 2.66. The lowest BCUT2D eigenvalue weighted by Crippen LogP contribution is -2.63. The number of para-hydroxylation sites is 2. The third-order valence-electron chi connectivity index (χ3n) is 15.6. The molecule has 0 radical (unpaired) electrons. The van der Waals surface area contributed by atoms with Crippen molar-refractivity contribution in [3.8, 4) is 33.4 Å². The van der Waals surface area contributed by atoms with Crippen molar-refractivity contribution in [3.63, 3.8) is 0 Å². The van der Waals surface area contributed by atoms with E-state index in [1.165, 1.54) is 132 Å². The van der Waals surface area contributed by atoms with Crippen molar-refractivity contribution in [1.82, 2.24) is 0 Å². The van der Waals surface area contributed by atoms with E-state index in [0.717, 1.165) is 0 Å². The fourth-order valence-electron chi connectivity index (χ4n) is 12.9. The Hall–Kier alpha value is -7.66. The minimum Gasteiger partial charge on any atom is -0.376 e. The molecule has 0 saturated carbocycles. The Balaban J connectivity index is 1.14. The van der Waals surface area contributed by atoms with Crippen molar-refractivity contribution in [2.45, 2.75) is 31.6 Å². The van der Waals surface area contributed by atoms with E-state index in [1.54, 1.807) is 0 Å². The zero-order chi connectivity index (χ0) is 44.3. The van der Waals surface area contributed by atoms with Crippen molar-refractivity contribution in [3.05, 3.63) is 234 Å². The second kappa shape index (κ2) is 13.2. The highest BCUT2D eigenvalue weighted by Crippen LogP contribution is 2.65. The molecule has 10 aromatic carbocycles. The van der Waals surface area contributed by atoms with Crippen LogP contribution in [0, 0.1) is 0 Å². The van der Waals surface area contributed by atoms with Crippen LogP contribution in [0.2, 0.25) is 0 Å². The van der Waals surface area contributed by atoms with Crippen molar-refractivity contribution in [1.29, 1.82) is 0 Å². The number of rotatable bonds is 2. The van der Waals surface area contributed by atoms with Crippen LogP contribution < -0.4 is 20.6 Å². The monoisotopic (exact) mass is 870 g/mol. The average molecular weight is 871 g/mol. The van der Waals surface area contributed by atoms with Gasteiger partial charge in [-0.3, -0.25) is 0 Å². The third-order valence-corrected chi connectivity index (χ3v) is 16.8. The molecule has 15 rings (SSSR count). The zero-order valence-electron chi connectivity index (χ0n) is 37.5. The summed E-state index contributed by atoms with van der Waals surface area (Å²) in [7, 11) is 0. The Morgan fingerprint density at radius 1 is 0.448 bits per heavy atom. The summed E-state index contributed by atoms with van der Waals surface area (Å²) in [5.74, 6) is 0. The molecule has 1 aliphatic carbocycles. The molecule has 1 aromatic heterocycles. The quantitative estimate of drug-likeness (QED) is 0.160. The molecule has 0 amide bonds. The molecule has 0 atom stereocenters. The largest absolute Gasteiger partial charge is 0.376 e. The van der Waals surface area contributed by atoms with Crippen LogP contribution in [0.15, 0.2) is 206 Å². The van der Waals surface area contributed by atoms with Crippen molar-refractivity contribution in [2.24, 2.45) is 0 Å². The lowest BCUT2D eigenvalue weighted by molar-refractivity contribution is 0.590. The molecule has 0 unspecified atom stereocenters. The summed E-state index contributed by atoms with van der Waals surface area (Å²) in [6.45, 7) is 6.84. The molecule has 11 aromatic rings. The van der Waals surface area contributed by atoms with E-state index >= 15 is 0 Å². The van der Waals surface area contributed by atoms with Crippen LogP contribution in [-0.4, -0.2) is 6.85 Å². The third kappa shape index (κ3) is 4.76. The Morgan fingerprint density at radius 3 is 1.88 bits per heavy atom. The first-order valence-electron chi connectivity index (χ1n) is 23.6. The summed E-state index contributed by atoms with van der Waals surface area (Å²) in [5.41, 5.74) is 22.8. The number of benzene rings is 10. The number of hydrogen-bond acceptors (Lipinski definition) is 3. The average Bonchev–Trinajstić information content (AvgIpc) is 3.90. The van der Waals surface area contributed by atoms with Crippen LogP contribution >= 0.6 is 11.3 Å². The first kappa shape index (κ1) is 37.6. The maximum Gasteiger partial charge on any atom is 0.334 e. The number of hydrogen-bond donors (Lipinski definition) is 0. The Kier molecular flexibility index (Phi) is 7.43. The van der Waals surface area contributed by atoms with Crippen LogP contribution in [0.4, 0.5) is 28.4 Å². The lowest BCUT2D eigenvalue weighted by Gasteiger charge is -2.52. The SMILES string of the molecule is CC(C)(C)c1ccc(N2c3cc4ccccc4c4c3B(c3c2ccc2c3sc3ccccc32)N2c3ccccc3C3(c5ccccc5-c5ccccc53)c3cccc-4c32)c(-c2ccccc2)c1. The minimum absolute atomic E-state index is 0.0287. The first-order valence-corrected chi connectivity index (χ1v) is 24.4. The lowest BCUT2D eigenvalue weighted by atomic mass is 9.42. The Labute approximate surface area is 395 Å². The number of fused-ring (bicyclic) bond motifs is 19. The summed E-state index contributed by atoms with van der Waals surface area (Å²) in [6.07, 6.45) is 0. The molecule has 67 heavy (non-hydrogen) atoms. The molecule has 4 aliphatic rings.